The van der Waals surface area contributed by atoms with Gasteiger partial charge >= 0.3 is 6.18 Å². The Morgan fingerprint density at radius 3 is 2.54 bits per heavy atom. The van der Waals surface area contributed by atoms with Gasteiger partial charge in [0.15, 0.2) is 0 Å². The number of nitrogens with zero attached hydrogens (tertiary/aromatic N) is 10. The summed E-state index contributed by atoms with van der Waals surface area (Å²) in [6, 6.07) is 7.02. The maximum Gasteiger partial charge on any atom is 0.451 e. The predicted molar refractivity (Wildman–Crippen MR) is 193 cm³/mol. The Bertz CT molecular complexity index is 1990. The molecule has 7 rings (SSSR count). The summed E-state index contributed by atoms with van der Waals surface area (Å²) in [5.74, 6) is -1.81. The molecule has 0 spiro atoms. The number of aromatic nitrogens is 7. The molecule has 1 amide bonds. The lowest BCUT2D eigenvalue weighted by Gasteiger charge is -2.52. The fourth-order valence-corrected chi connectivity index (χ4v) is 8.85. The standard InChI is InChI=1S/C35H42BrF3N10O2Si/c1-52(2,3)16-15-51-23-48-10-5-26-29(41-22-42-30(26)48)24-20-43-49(21-24)33(8-9-40)18-25(19-33)46-11-13-47(14-12-46)31(50)27-17-28(34(36)6-4-7-34)45-32(44-27)35(37,38)39/h5,10,17,20-22,25H,4,6-8,11-16,18-19,23H2,1-3H3/t25-,33+. The highest BCUT2D eigenvalue weighted by Crippen LogP contribution is 2.49. The molecule has 1 saturated heterocycles. The van der Waals surface area contributed by atoms with Crippen molar-refractivity contribution in [3.05, 3.63) is 54.3 Å². The van der Waals surface area contributed by atoms with E-state index < -0.39 is 35.8 Å². The predicted octanol–water partition coefficient (Wildman–Crippen LogP) is 6.42. The summed E-state index contributed by atoms with van der Waals surface area (Å²) in [7, 11) is -1.19. The number of carbonyl (C=O) groups is 1. The first-order valence-electron chi connectivity index (χ1n) is 17.7. The van der Waals surface area contributed by atoms with E-state index >= 15 is 0 Å². The number of carbonyl (C=O) groups excluding carboxylic acids is 1. The molecular weight excluding hydrogens is 757 g/mol. The van der Waals surface area contributed by atoms with Crippen LogP contribution < -0.4 is 0 Å². The van der Waals surface area contributed by atoms with E-state index in [0.29, 0.717) is 71.6 Å². The Hall–Kier alpha value is -3.72. The Morgan fingerprint density at radius 1 is 1.13 bits per heavy atom. The molecule has 0 unspecified atom stereocenters. The van der Waals surface area contributed by atoms with Gasteiger partial charge in [0, 0.05) is 70.2 Å². The topological polar surface area (TPSA) is 131 Å². The fourth-order valence-electron chi connectivity index (χ4n) is 7.33. The van der Waals surface area contributed by atoms with Gasteiger partial charge in [-0.15, -0.1) is 0 Å². The number of alkyl halides is 4. The van der Waals surface area contributed by atoms with Crippen LogP contribution in [0, 0.1) is 11.3 Å². The third-order valence-corrected chi connectivity index (χ3v) is 13.6. The van der Waals surface area contributed by atoms with E-state index in [2.05, 4.69) is 66.5 Å². The van der Waals surface area contributed by atoms with Crippen molar-refractivity contribution in [2.75, 3.05) is 32.8 Å². The molecule has 17 heteroatoms. The Kier molecular flexibility index (Phi) is 9.81. The van der Waals surface area contributed by atoms with E-state index in [9.17, 15) is 23.2 Å². The molecule has 276 valence electrons. The second-order valence-corrected chi connectivity index (χ2v) is 22.6. The van der Waals surface area contributed by atoms with Crippen LogP contribution >= 0.6 is 15.9 Å². The molecule has 4 aromatic heterocycles. The van der Waals surface area contributed by atoms with Crippen LogP contribution in [0.3, 0.4) is 0 Å². The molecule has 4 aromatic rings. The summed E-state index contributed by atoms with van der Waals surface area (Å²) in [5.41, 5.74) is 1.87. The molecule has 2 aliphatic carbocycles. The quantitative estimate of drug-likeness (QED) is 0.0959. The molecule has 0 N–H and O–H groups in total. The highest BCUT2D eigenvalue weighted by atomic mass is 79.9. The SMILES string of the molecule is C[Si](C)(C)CCOCn1ccc2c(-c3cnn([C@]4(CC#N)C[C@H](N5CCN(C(=O)c6cc(C7(Br)CCC7)nc(C(F)(F)F)n6)CC5)C4)c3)ncnc21. The second kappa shape index (κ2) is 13.9. The third kappa shape index (κ3) is 7.26. The van der Waals surface area contributed by atoms with E-state index in [4.69, 9.17) is 9.84 Å². The highest BCUT2D eigenvalue weighted by Gasteiger charge is 2.49. The number of hydrogen-bond donors (Lipinski definition) is 0. The van der Waals surface area contributed by atoms with E-state index in [1.54, 1.807) is 17.4 Å². The summed E-state index contributed by atoms with van der Waals surface area (Å²) in [5, 5.41) is 15.4. The van der Waals surface area contributed by atoms with Crippen LogP contribution in [0.1, 0.15) is 60.5 Å². The molecule has 0 radical (unpaired) electrons. The molecular formula is C35H42BrF3N10O2Si. The lowest BCUT2D eigenvalue weighted by molar-refractivity contribution is -0.145. The fraction of sp³-hybridized carbons (Fsp3) is 0.571. The van der Waals surface area contributed by atoms with Crippen LogP contribution in [-0.4, -0.2) is 96.9 Å². The zero-order valence-corrected chi connectivity index (χ0v) is 32.1. The van der Waals surface area contributed by atoms with Gasteiger partial charge in [0.2, 0.25) is 5.82 Å². The lowest BCUT2D eigenvalue weighted by atomic mass is 9.70. The zero-order chi connectivity index (χ0) is 36.9. The summed E-state index contributed by atoms with van der Waals surface area (Å²) in [6.45, 7) is 9.95. The van der Waals surface area contributed by atoms with Crippen molar-refractivity contribution >= 4 is 40.9 Å². The first kappa shape index (κ1) is 36.6. The van der Waals surface area contributed by atoms with Gasteiger partial charge in [-0.05, 0) is 50.3 Å². The number of nitriles is 1. The van der Waals surface area contributed by atoms with Gasteiger partial charge in [-0.3, -0.25) is 14.4 Å². The Morgan fingerprint density at radius 2 is 1.88 bits per heavy atom. The van der Waals surface area contributed by atoms with E-state index in [1.807, 2.05) is 27.7 Å². The van der Waals surface area contributed by atoms with Crippen molar-refractivity contribution in [3.8, 4) is 17.3 Å². The number of fused-ring (bicyclic) bond motifs is 1. The second-order valence-electron chi connectivity index (χ2n) is 15.5. The number of halogens is 4. The van der Waals surface area contributed by atoms with Gasteiger partial charge < -0.3 is 14.2 Å². The molecule has 3 aliphatic rings. The van der Waals surface area contributed by atoms with Crippen LogP contribution in [0.4, 0.5) is 13.2 Å². The average molecular weight is 800 g/mol. The van der Waals surface area contributed by atoms with E-state index in [-0.39, 0.29) is 17.4 Å². The molecule has 1 aliphatic heterocycles. The van der Waals surface area contributed by atoms with Crippen LogP contribution in [0.5, 0.6) is 0 Å². The largest absolute Gasteiger partial charge is 0.451 e. The van der Waals surface area contributed by atoms with Crippen LogP contribution in [-0.2, 0) is 27.5 Å². The van der Waals surface area contributed by atoms with Crippen molar-refractivity contribution in [3.63, 3.8) is 0 Å². The normalized spacial score (nSPS) is 22.2. The minimum Gasteiger partial charge on any atom is -0.361 e. The smallest absolute Gasteiger partial charge is 0.361 e. The van der Waals surface area contributed by atoms with Crippen LogP contribution in [0.15, 0.2) is 37.1 Å². The van der Waals surface area contributed by atoms with Crippen molar-refractivity contribution in [1.29, 1.82) is 5.26 Å². The number of piperazine rings is 1. The minimum atomic E-state index is -4.76. The van der Waals surface area contributed by atoms with Crippen molar-refractivity contribution in [2.24, 2.45) is 0 Å². The molecule has 5 heterocycles. The summed E-state index contributed by atoms with van der Waals surface area (Å²) in [4.78, 5) is 33.9. The first-order valence-corrected chi connectivity index (χ1v) is 22.2. The van der Waals surface area contributed by atoms with Gasteiger partial charge in [0.25, 0.3) is 5.91 Å². The van der Waals surface area contributed by atoms with Crippen LogP contribution in [0.2, 0.25) is 25.7 Å². The molecule has 2 saturated carbocycles. The van der Waals surface area contributed by atoms with Crippen molar-refractivity contribution < 1.29 is 22.7 Å². The summed E-state index contributed by atoms with van der Waals surface area (Å²) in [6.07, 6.45) is 6.36. The molecule has 12 nitrogen and oxygen atoms in total. The molecule has 0 atom stereocenters. The lowest BCUT2D eigenvalue weighted by Crippen LogP contribution is -2.60. The average Bonchev–Trinajstić information content (AvgIpc) is 3.74. The van der Waals surface area contributed by atoms with Crippen LogP contribution in [0.25, 0.3) is 22.3 Å². The molecule has 0 aromatic carbocycles. The third-order valence-electron chi connectivity index (χ3n) is 10.7. The van der Waals surface area contributed by atoms with Gasteiger partial charge in [-0.1, -0.05) is 35.6 Å². The number of rotatable bonds is 11. The maximum absolute atomic E-state index is 13.7. The molecule has 3 fully saturated rings. The van der Waals surface area contributed by atoms with E-state index in [1.165, 1.54) is 6.07 Å². The summed E-state index contributed by atoms with van der Waals surface area (Å²) >= 11 is 3.54. The molecule has 52 heavy (non-hydrogen) atoms. The molecule has 0 bridgehead atoms. The van der Waals surface area contributed by atoms with Gasteiger partial charge in [-0.2, -0.15) is 23.5 Å². The Labute approximate surface area is 309 Å². The van der Waals surface area contributed by atoms with Crippen molar-refractivity contribution in [1.82, 2.24) is 44.1 Å². The van der Waals surface area contributed by atoms with Crippen molar-refractivity contribution in [2.45, 2.75) is 93.0 Å². The minimum absolute atomic E-state index is 0.174. The van der Waals surface area contributed by atoms with E-state index in [0.717, 1.165) is 34.8 Å². The highest BCUT2D eigenvalue weighted by molar-refractivity contribution is 9.09. The number of hydrogen-bond acceptors (Lipinski definition) is 9. The van der Waals surface area contributed by atoms with Gasteiger partial charge in [0.1, 0.15) is 24.4 Å². The summed E-state index contributed by atoms with van der Waals surface area (Å²) < 4.78 is 50.3. The monoisotopic (exact) mass is 798 g/mol. The number of ether oxygens (including phenoxy) is 1. The Balaban J connectivity index is 0.996. The van der Waals surface area contributed by atoms with Gasteiger partial charge in [0.05, 0.1) is 39.9 Å². The maximum atomic E-state index is 13.7. The van der Waals surface area contributed by atoms with Gasteiger partial charge in [-0.25, -0.2) is 19.9 Å². The number of amides is 1. The first-order chi connectivity index (χ1) is 24.7. The zero-order valence-electron chi connectivity index (χ0n) is 29.5.